The lowest BCUT2D eigenvalue weighted by atomic mass is 9.88. The van der Waals surface area contributed by atoms with Gasteiger partial charge in [-0.1, -0.05) is 62.7 Å². The molecular weight excluding hydrogens is 492 g/mol. The van der Waals surface area contributed by atoms with Gasteiger partial charge in [0.2, 0.25) is 0 Å². The number of aromatic nitrogens is 1. The van der Waals surface area contributed by atoms with Crippen LogP contribution in [0, 0.1) is 5.92 Å². The van der Waals surface area contributed by atoms with Crippen LogP contribution >= 0.6 is 11.3 Å². The summed E-state index contributed by atoms with van der Waals surface area (Å²) in [4.78, 5) is 33.0. The Kier molecular flexibility index (Phi) is 7.61. The first-order chi connectivity index (χ1) is 18.3. The van der Waals surface area contributed by atoms with Crippen LogP contribution in [0.3, 0.4) is 0 Å². The minimum Gasteiger partial charge on any atom is -0.459 e. The molecule has 1 atom stereocenters. The van der Waals surface area contributed by atoms with Crippen LogP contribution in [0.15, 0.2) is 54.6 Å². The molecule has 0 unspecified atom stereocenters. The molecule has 5 nitrogen and oxygen atoms in total. The second kappa shape index (κ2) is 11.1. The van der Waals surface area contributed by atoms with E-state index >= 15 is 0 Å². The van der Waals surface area contributed by atoms with Crippen LogP contribution in [-0.4, -0.2) is 23.0 Å². The van der Waals surface area contributed by atoms with Crippen molar-refractivity contribution in [2.24, 2.45) is 5.92 Å². The van der Waals surface area contributed by atoms with E-state index in [4.69, 9.17) is 9.72 Å². The maximum atomic E-state index is 13.8. The van der Waals surface area contributed by atoms with Crippen molar-refractivity contribution in [3.05, 3.63) is 81.7 Å². The Morgan fingerprint density at radius 3 is 2.63 bits per heavy atom. The number of aryl methyl sites for hydroxylation is 1. The van der Waals surface area contributed by atoms with Crippen molar-refractivity contribution in [2.45, 2.75) is 65.9 Å². The van der Waals surface area contributed by atoms with Gasteiger partial charge < -0.3 is 10.1 Å². The van der Waals surface area contributed by atoms with E-state index in [0.29, 0.717) is 22.0 Å². The van der Waals surface area contributed by atoms with Gasteiger partial charge >= 0.3 is 5.97 Å². The summed E-state index contributed by atoms with van der Waals surface area (Å²) in [7, 11) is 0. The van der Waals surface area contributed by atoms with Crippen LogP contribution in [0.2, 0.25) is 0 Å². The van der Waals surface area contributed by atoms with Crippen molar-refractivity contribution in [3.8, 4) is 11.3 Å². The van der Waals surface area contributed by atoms with E-state index in [1.54, 1.807) is 0 Å². The molecule has 38 heavy (non-hydrogen) atoms. The monoisotopic (exact) mass is 526 g/mol. The number of pyridine rings is 1. The molecule has 0 saturated heterocycles. The van der Waals surface area contributed by atoms with E-state index in [1.165, 1.54) is 21.8 Å². The minimum absolute atomic E-state index is 0.237. The molecule has 4 aromatic rings. The van der Waals surface area contributed by atoms with E-state index in [0.717, 1.165) is 59.8 Å². The number of nitrogens with zero attached hydrogens (tertiary/aromatic N) is 1. The number of hydrogen-bond acceptors (Lipinski definition) is 5. The third-order valence-corrected chi connectivity index (χ3v) is 8.20. The van der Waals surface area contributed by atoms with Crippen molar-refractivity contribution in [3.63, 3.8) is 0 Å². The van der Waals surface area contributed by atoms with Crippen LogP contribution in [-0.2, 0) is 24.0 Å². The molecule has 1 aliphatic rings. The van der Waals surface area contributed by atoms with Crippen LogP contribution in [0.1, 0.15) is 77.3 Å². The molecule has 0 bridgehead atoms. The van der Waals surface area contributed by atoms with Gasteiger partial charge in [-0.05, 0) is 68.7 Å². The number of carbonyl (C=O) groups excluding carboxylic acids is 2. The van der Waals surface area contributed by atoms with Gasteiger partial charge in [0.15, 0.2) is 0 Å². The quantitative estimate of drug-likeness (QED) is 0.249. The molecule has 0 aliphatic heterocycles. The van der Waals surface area contributed by atoms with Crippen LogP contribution < -0.4 is 5.32 Å². The lowest BCUT2D eigenvalue weighted by Gasteiger charge is -2.19. The third kappa shape index (κ3) is 5.37. The fourth-order valence-electron chi connectivity index (χ4n) is 5.14. The maximum absolute atomic E-state index is 13.8. The average molecular weight is 527 g/mol. The fourth-order valence-corrected chi connectivity index (χ4v) is 6.53. The molecule has 2 heterocycles. The van der Waals surface area contributed by atoms with Crippen molar-refractivity contribution in [2.75, 3.05) is 5.32 Å². The highest BCUT2D eigenvalue weighted by Gasteiger charge is 2.30. The molecule has 6 heteroatoms. The first kappa shape index (κ1) is 26.1. The molecule has 0 spiro atoms. The number of esters is 1. The topological polar surface area (TPSA) is 68.3 Å². The largest absolute Gasteiger partial charge is 0.459 e. The highest BCUT2D eigenvalue weighted by atomic mass is 32.1. The standard InChI is InChI=1S/C32H34N2O3S/c1-5-8-21-12-14-22(15-13-21)27-18-25(23-9-6-7-10-26(23)33-27)30(35)34-31-29(32(36)37-19(2)3)24-16-11-20(4)17-28(24)38-31/h6-7,9-10,12-15,18-20H,5,8,11,16-17H2,1-4H3,(H,34,35)/t20-/m1/s1. The SMILES string of the molecule is CCCc1ccc(-c2cc(C(=O)Nc3sc4c(c3C(=O)OC(C)C)CC[C@@H](C)C4)c3ccccc3n2)cc1. The highest BCUT2D eigenvalue weighted by Crippen LogP contribution is 2.40. The molecular formula is C32H34N2O3S. The zero-order valence-corrected chi connectivity index (χ0v) is 23.3. The van der Waals surface area contributed by atoms with Gasteiger partial charge in [-0.15, -0.1) is 11.3 Å². The van der Waals surface area contributed by atoms with Gasteiger partial charge in [0.25, 0.3) is 5.91 Å². The van der Waals surface area contributed by atoms with E-state index in [9.17, 15) is 9.59 Å². The molecule has 0 fully saturated rings. The van der Waals surface area contributed by atoms with Gasteiger partial charge in [-0.2, -0.15) is 0 Å². The summed E-state index contributed by atoms with van der Waals surface area (Å²) >= 11 is 1.51. The molecule has 1 aliphatic carbocycles. The number of fused-ring (bicyclic) bond motifs is 2. The van der Waals surface area contributed by atoms with Gasteiger partial charge in [-0.3, -0.25) is 4.79 Å². The number of anilines is 1. The first-order valence-electron chi connectivity index (χ1n) is 13.5. The number of ether oxygens (including phenoxy) is 1. The fraction of sp³-hybridized carbons (Fsp3) is 0.344. The average Bonchev–Trinajstić information content (AvgIpc) is 3.25. The summed E-state index contributed by atoms with van der Waals surface area (Å²) in [6.07, 6.45) is 4.64. The molecule has 5 rings (SSSR count). The minimum atomic E-state index is -0.366. The summed E-state index contributed by atoms with van der Waals surface area (Å²) < 4.78 is 5.60. The first-order valence-corrected chi connectivity index (χ1v) is 14.3. The number of nitrogens with one attached hydrogen (secondary N) is 1. The van der Waals surface area contributed by atoms with Crippen molar-refractivity contribution in [1.82, 2.24) is 4.98 Å². The number of amides is 1. The Hall–Kier alpha value is -3.51. The molecule has 0 radical (unpaired) electrons. The number of benzene rings is 2. The van der Waals surface area contributed by atoms with Crippen molar-refractivity contribution >= 4 is 39.1 Å². The lowest BCUT2D eigenvalue weighted by Crippen LogP contribution is -2.19. The molecule has 2 aromatic heterocycles. The second-order valence-corrected chi connectivity index (χ2v) is 11.6. The van der Waals surface area contributed by atoms with Gasteiger partial charge in [0, 0.05) is 15.8 Å². The summed E-state index contributed by atoms with van der Waals surface area (Å²) in [6.45, 7) is 8.08. The Balaban J connectivity index is 1.54. The molecule has 0 saturated carbocycles. The number of hydrogen-bond donors (Lipinski definition) is 1. The summed E-state index contributed by atoms with van der Waals surface area (Å²) in [5.41, 5.74) is 5.83. The van der Waals surface area contributed by atoms with Crippen molar-refractivity contribution in [1.29, 1.82) is 0 Å². The predicted octanol–water partition coefficient (Wildman–Crippen LogP) is 7.86. The van der Waals surface area contributed by atoms with Crippen LogP contribution in [0.25, 0.3) is 22.2 Å². The van der Waals surface area contributed by atoms with Crippen molar-refractivity contribution < 1.29 is 14.3 Å². The Bertz CT molecular complexity index is 1490. The normalized spacial score (nSPS) is 14.9. The summed E-state index contributed by atoms with van der Waals surface area (Å²) in [5.74, 6) is -0.0680. The predicted molar refractivity (Wildman–Crippen MR) is 155 cm³/mol. The zero-order valence-electron chi connectivity index (χ0n) is 22.5. The Morgan fingerprint density at radius 1 is 1.13 bits per heavy atom. The van der Waals surface area contributed by atoms with Gasteiger partial charge in [-0.25, -0.2) is 9.78 Å². The number of para-hydroxylation sites is 1. The summed E-state index contributed by atoms with van der Waals surface area (Å²) in [6, 6.07) is 17.9. The van der Waals surface area contributed by atoms with Crippen LogP contribution in [0.4, 0.5) is 5.00 Å². The smallest absolute Gasteiger partial charge is 0.341 e. The van der Waals surface area contributed by atoms with Crippen LogP contribution in [0.5, 0.6) is 0 Å². The lowest BCUT2D eigenvalue weighted by molar-refractivity contribution is 0.0378. The van der Waals surface area contributed by atoms with E-state index in [2.05, 4.69) is 43.4 Å². The molecule has 1 N–H and O–H groups in total. The summed E-state index contributed by atoms with van der Waals surface area (Å²) in [5, 5.41) is 4.45. The molecule has 1 amide bonds. The zero-order chi connectivity index (χ0) is 26.8. The number of thiophene rings is 1. The number of carbonyl (C=O) groups is 2. The molecule has 2 aromatic carbocycles. The van der Waals surface area contributed by atoms with E-state index in [1.807, 2.05) is 44.2 Å². The second-order valence-electron chi connectivity index (χ2n) is 10.5. The highest BCUT2D eigenvalue weighted by molar-refractivity contribution is 7.17. The van der Waals surface area contributed by atoms with Gasteiger partial charge in [0.05, 0.1) is 28.4 Å². The van der Waals surface area contributed by atoms with Gasteiger partial charge in [0.1, 0.15) is 5.00 Å². The van der Waals surface area contributed by atoms with E-state index in [-0.39, 0.29) is 18.0 Å². The Labute approximate surface area is 228 Å². The third-order valence-electron chi connectivity index (χ3n) is 7.03. The van der Waals surface area contributed by atoms with E-state index < -0.39 is 0 Å². The molecule has 196 valence electrons. The Morgan fingerprint density at radius 2 is 1.89 bits per heavy atom. The maximum Gasteiger partial charge on any atom is 0.341 e. The number of rotatable bonds is 7.